The van der Waals surface area contributed by atoms with Crippen molar-refractivity contribution < 1.29 is 14.4 Å². The number of anilines is 1. The van der Waals surface area contributed by atoms with Crippen LogP contribution in [-0.2, 0) is 9.63 Å². The maximum Gasteiger partial charge on any atom is 0.265 e. The van der Waals surface area contributed by atoms with E-state index in [1.165, 1.54) is 4.90 Å². The van der Waals surface area contributed by atoms with E-state index in [9.17, 15) is 9.59 Å². The molecule has 0 aliphatic heterocycles. The molecule has 3 N–H and O–H groups in total. The number of hydrogen-bond donors (Lipinski definition) is 2. The van der Waals surface area contributed by atoms with Crippen molar-refractivity contribution in [3.05, 3.63) is 64.7 Å². The van der Waals surface area contributed by atoms with Gasteiger partial charge in [-0.3, -0.25) is 9.59 Å². The van der Waals surface area contributed by atoms with Gasteiger partial charge in [-0.05, 0) is 36.4 Å². The second-order valence-electron chi connectivity index (χ2n) is 5.59. The first-order valence-electron chi connectivity index (χ1n) is 7.70. The summed E-state index contributed by atoms with van der Waals surface area (Å²) in [5, 5.41) is 6.86. The van der Waals surface area contributed by atoms with Crippen LogP contribution in [0.3, 0.4) is 0 Å². The highest BCUT2D eigenvalue weighted by atomic mass is 35.5. The van der Waals surface area contributed by atoms with Crippen molar-refractivity contribution in [3.8, 4) is 0 Å². The molecule has 0 atom stereocenters. The van der Waals surface area contributed by atoms with Gasteiger partial charge in [0.05, 0.1) is 0 Å². The first kappa shape index (κ1) is 19.3. The van der Waals surface area contributed by atoms with Gasteiger partial charge in [-0.15, -0.1) is 0 Å². The maximum atomic E-state index is 11.9. The van der Waals surface area contributed by atoms with Gasteiger partial charge in [0.1, 0.15) is 0 Å². The van der Waals surface area contributed by atoms with Crippen molar-refractivity contribution in [2.75, 3.05) is 26.0 Å². The number of rotatable bonds is 6. The molecule has 0 unspecified atom stereocenters. The number of benzene rings is 2. The molecular formula is C18H19ClN4O3. The Kier molecular flexibility index (Phi) is 6.57. The first-order valence-corrected chi connectivity index (χ1v) is 8.07. The fraction of sp³-hybridized carbons (Fsp3) is 0.167. The Morgan fingerprint density at radius 2 is 1.85 bits per heavy atom. The summed E-state index contributed by atoms with van der Waals surface area (Å²) in [4.78, 5) is 30.1. The molecule has 2 aromatic carbocycles. The number of amidine groups is 1. The molecular weight excluding hydrogens is 356 g/mol. The average molecular weight is 375 g/mol. The largest absolute Gasteiger partial charge is 0.384 e. The van der Waals surface area contributed by atoms with Gasteiger partial charge >= 0.3 is 0 Å². The molecule has 0 fully saturated rings. The van der Waals surface area contributed by atoms with Crippen molar-refractivity contribution in [3.63, 3.8) is 0 Å². The Bertz CT molecular complexity index is 819. The lowest BCUT2D eigenvalue weighted by Gasteiger charge is -2.10. The van der Waals surface area contributed by atoms with Crippen LogP contribution in [0.2, 0.25) is 5.02 Å². The van der Waals surface area contributed by atoms with Gasteiger partial charge in [-0.2, -0.15) is 0 Å². The van der Waals surface area contributed by atoms with Crippen molar-refractivity contribution in [2.24, 2.45) is 10.9 Å². The van der Waals surface area contributed by atoms with Crippen LogP contribution in [0, 0.1) is 0 Å². The second-order valence-corrected chi connectivity index (χ2v) is 6.02. The van der Waals surface area contributed by atoms with Gasteiger partial charge in [0.25, 0.3) is 11.8 Å². The van der Waals surface area contributed by atoms with Crippen LogP contribution in [0.5, 0.6) is 0 Å². The van der Waals surface area contributed by atoms with Crippen LogP contribution in [-0.4, -0.2) is 43.3 Å². The third-order valence-electron chi connectivity index (χ3n) is 3.30. The highest BCUT2D eigenvalue weighted by molar-refractivity contribution is 6.31. The summed E-state index contributed by atoms with van der Waals surface area (Å²) in [6, 6.07) is 13.4. The van der Waals surface area contributed by atoms with Gasteiger partial charge in [0.2, 0.25) is 0 Å². The fourth-order valence-corrected chi connectivity index (χ4v) is 2.20. The lowest BCUT2D eigenvalue weighted by molar-refractivity contribution is -0.120. The third-order valence-corrected chi connectivity index (χ3v) is 3.54. The van der Waals surface area contributed by atoms with E-state index in [0.717, 1.165) is 0 Å². The van der Waals surface area contributed by atoms with Crippen LogP contribution < -0.4 is 11.1 Å². The number of hydrogen-bond acceptors (Lipinski definition) is 4. The zero-order valence-corrected chi connectivity index (χ0v) is 15.2. The molecule has 2 amide bonds. The summed E-state index contributed by atoms with van der Waals surface area (Å²) in [5.74, 6) is -0.400. The Balaban J connectivity index is 1.87. The van der Waals surface area contributed by atoms with Gasteiger partial charge in [0.15, 0.2) is 12.4 Å². The van der Waals surface area contributed by atoms with Crippen LogP contribution in [0.15, 0.2) is 53.7 Å². The zero-order valence-electron chi connectivity index (χ0n) is 14.4. The molecule has 26 heavy (non-hydrogen) atoms. The number of nitrogens with zero attached hydrogens (tertiary/aromatic N) is 2. The molecule has 0 bridgehead atoms. The minimum absolute atomic E-state index is 0.114. The molecule has 136 valence electrons. The summed E-state index contributed by atoms with van der Waals surface area (Å²) in [7, 11) is 3.34. The van der Waals surface area contributed by atoms with Crippen molar-refractivity contribution in [1.82, 2.24) is 4.90 Å². The molecule has 2 rings (SSSR count). The van der Waals surface area contributed by atoms with E-state index in [2.05, 4.69) is 10.5 Å². The lowest BCUT2D eigenvalue weighted by Crippen LogP contribution is -2.22. The number of halogens is 1. The normalized spacial score (nSPS) is 11.0. The van der Waals surface area contributed by atoms with E-state index in [1.54, 1.807) is 62.6 Å². The quantitative estimate of drug-likeness (QED) is 0.460. The lowest BCUT2D eigenvalue weighted by atomic mass is 10.2. The number of carbonyl (C=O) groups excluding carboxylic acids is 2. The summed E-state index contributed by atoms with van der Waals surface area (Å²) >= 11 is 5.87. The van der Waals surface area contributed by atoms with Gasteiger partial charge in [-0.1, -0.05) is 28.9 Å². The van der Waals surface area contributed by atoms with Crippen molar-refractivity contribution in [2.45, 2.75) is 0 Å². The predicted molar refractivity (Wildman–Crippen MR) is 101 cm³/mol. The monoisotopic (exact) mass is 374 g/mol. The molecule has 0 spiro atoms. The minimum Gasteiger partial charge on any atom is -0.384 e. The van der Waals surface area contributed by atoms with Gasteiger partial charge < -0.3 is 20.8 Å². The van der Waals surface area contributed by atoms with Gasteiger partial charge in [0, 0.05) is 35.9 Å². The number of oxime groups is 1. The number of carbonyl (C=O) groups is 2. The smallest absolute Gasteiger partial charge is 0.265 e. The molecule has 0 saturated carbocycles. The molecule has 8 heteroatoms. The Labute approximate surface area is 156 Å². The SMILES string of the molecule is CN(C)C(=O)c1ccc(NC(=O)CO/N=C(/N)c2cccc(Cl)c2)cc1. The highest BCUT2D eigenvalue weighted by Gasteiger charge is 2.08. The van der Waals surface area contributed by atoms with Crippen LogP contribution >= 0.6 is 11.6 Å². The predicted octanol–water partition coefficient (Wildman–Crippen LogP) is 2.32. The Morgan fingerprint density at radius 1 is 1.15 bits per heavy atom. The molecule has 0 saturated heterocycles. The zero-order chi connectivity index (χ0) is 19.1. The Morgan fingerprint density at radius 3 is 2.46 bits per heavy atom. The van der Waals surface area contributed by atoms with Crippen LogP contribution in [0.4, 0.5) is 5.69 Å². The minimum atomic E-state index is -0.403. The summed E-state index contributed by atoms with van der Waals surface area (Å²) in [6.45, 7) is -0.306. The van der Waals surface area contributed by atoms with Gasteiger partial charge in [-0.25, -0.2) is 0 Å². The molecule has 2 aromatic rings. The molecule has 0 aromatic heterocycles. The summed E-state index contributed by atoms with van der Waals surface area (Å²) in [6.07, 6.45) is 0. The molecule has 7 nitrogen and oxygen atoms in total. The van der Waals surface area contributed by atoms with E-state index < -0.39 is 5.91 Å². The second kappa shape index (κ2) is 8.87. The van der Waals surface area contributed by atoms with E-state index >= 15 is 0 Å². The molecule has 0 aliphatic rings. The fourth-order valence-electron chi connectivity index (χ4n) is 2.01. The topological polar surface area (TPSA) is 97.0 Å². The van der Waals surface area contributed by atoms with E-state index in [1.807, 2.05) is 0 Å². The standard InChI is InChI=1S/C18H19ClN4O3/c1-23(2)18(25)12-6-8-15(9-7-12)21-16(24)11-26-22-17(20)13-4-3-5-14(19)10-13/h3-10H,11H2,1-2H3,(H2,20,22)(H,21,24). The summed E-state index contributed by atoms with van der Waals surface area (Å²) in [5.41, 5.74) is 7.44. The van der Waals surface area contributed by atoms with Crippen molar-refractivity contribution in [1.29, 1.82) is 0 Å². The number of nitrogens with two attached hydrogens (primary N) is 1. The molecule has 0 aliphatic carbocycles. The van der Waals surface area contributed by atoms with Crippen LogP contribution in [0.1, 0.15) is 15.9 Å². The number of amides is 2. The number of nitrogens with one attached hydrogen (secondary N) is 1. The average Bonchev–Trinajstić information content (AvgIpc) is 2.61. The van der Waals surface area contributed by atoms with E-state index in [4.69, 9.17) is 22.2 Å². The maximum absolute atomic E-state index is 11.9. The summed E-state index contributed by atoms with van der Waals surface area (Å²) < 4.78 is 0. The first-order chi connectivity index (χ1) is 12.4. The highest BCUT2D eigenvalue weighted by Crippen LogP contribution is 2.11. The molecule has 0 radical (unpaired) electrons. The van der Waals surface area contributed by atoms with Crippen LogP contribution in [0.25, 0.3) is 0 Å². The third kappa shape index (κ3) is 5.49. The van der Waals surface area contributed by atoms with E-state index in [-0.39, 0.29) is 18.3 Å². The van der Waals surface area contributed by atoms with E-state index in [0.29, 0.717) is 21.8 Å². The molecule has 0 heterocycles. The van der Waals surface area contributed by atoms with Crippen molar-refractivity contribution >= 4 is 34.9 Å². The Hall–Kier alpha value is -3.06.